The average molecular weight is 650 g/mol. The van der Waals surface area contributed by atoms with Crippen molar-refractivity contribution >= 4 is 16.9 Å². The molecule has 1 N–H and O–H groups in total. The van der Waals surface area contributed by atoms with Gasteiger partial charge in [0.25, 0.3) is 0 Å². The molecule has 0 amide bonds. The zero-order chi connectivity index (χ0) is 33.3. The van der Waals surface area contributed by atoms with Crippen molar-refractivity contribution in [2.75, 3.05) is 5.32 Å². The summed E-state index contributed by atoms with van der Waals surface area (Å²) in [7, 11) is 0. The largest absolute Gasteiger partial charge is 0.356 e. The van der Waals surface area contributed by atoms with Gasteiger partial charge in [0.1, 0.15) is 0 Å². The molecule has 0 fully saturated rings. The maximum atomic E-state index is 3.96. The molecule has 3 atom stereocenters. The van der Waals surface area contributed by atoms with E-state index in [0.29, 0.717) is 11.8 Å². The molecule has 6 aliphatic carbocycles. The number of rotatable bonds is 2. The van der Waals surface area contributed by atoms with Gasteiger partial charge >= 0.3 is 0 Å². The lowest BCUT2D eigenvalue weighted by atomic mass is 9.65. The number of nitrogens with one attached hydrogen (secondary N) is 1. The molecule has 0 bridgehead atoms. The van der Waals surface area contributed by atoms with E-state index in [0.717, 1.165) is 24.2 Å². The van der Waals surface area contributed by atoms with E-state index in [4.69, 9.17) is 0 Å². The SMILES string of the molecule is C1=CC2c3ccccc3C3(c4ccccc4-c4ccc(Nc5ccc6c(c5)C5(C7=C6CCC=C7)c6ccccc6-c6ccccc65)cc43)C2C=C1. The fourth-order valence-corrected chi connectivity index (χ4v) is 11.3. The number of allylic oxidation sites excluding steroid dienone is 8. The third-order valence-electron chi connectivity index (χ3n) is 13.0. The molecular weight excluding hydrogens is 615 g/mol. The Hall–Kier alpha value is -5.92. The van der Waals surface area contributed by atoms with Crippen molar-refractivity contribution in [3.63, 3.8) is 0 Å². The van der Waals surface area contributed by atoms with Crippen LogP contribution in [0.4, 0.5) is 11.4 Å². The van der Waals surface area contributed by atoms with Crippen LogP contribution in [0.5, 0.6) is 0 Å². The predicted molar refractivity (Wildman–Crippen MR) is 209 cm³/mol. The molecule has 0 saturated heterocycles. The number of hydrogen-bond acceptors (Lipinski definition) is 1. The number of anilines is 2. The van der Waals surface area contributed by atoms with E-state index in [2.05, 4.69) is 175 Å². The van der Waals surface area contributed by atoms with Crippen molar-refractivity contribution in [1.29, 1.82) is 0 Å². The highest BCUT2D eigenvalue weighted by molar-refractivity contribution is 5.97. The van der Waals surface area contributed by atoms with Gasteiger partial charge < -0.3 is 5.32 Å². The van der Waals surface area contributed by atoms with Gasteiger partial charge in [-0.2, -0.15) is 0 Å². The average Bonchev–Trinajstić information content (AvgIpc) is 3.87. The summed E-state index contributed by atoms with van der Waals surface area (Å²) in [5.74, 6) is 0.685. The minimum Gasteiger partial charge on any atom is -0.356 e. The molecule has 0 saturated carbocycles. The Morgan fingerprint density at radius 3 is 1.86 bits per heavy atom. The molecule has 0 aromatic heterocycles. The standard InChI is InChI=1S/C50H35N/c1-7-19-41-33(13-1)34-14-2-8-20-42(34)49(41)45-23-11-5-17-37(45)39-27-25-31(29-47(39)49)51-32-26-28-40-38-18-6-12-24-46(38)50(48(40)30-32)43-21-9-3-15-35(43)36-16-4-10-22-44(36)50/h1-5,7-17,19-30,33,41,51H,6,18H2. The van der Waals surface area contributed by atoms with Gasteiger partial charge in [-0.25, -0.2) is 0 Å². The molecule has 6 aromatic carbocycles. The third kappa shape index (κ3) is 3.29. The Bertz CT molecular complexity index is 2600. The normalized spacial score (nSPS) is 22.7. The summed E-state index contributed by atoms with van der Waals surface area (Å²) in [6, 6.07) is 50.8. The van der Waals surface area contributed by atoms with E-state index in [-0.39, 0.29) is 10.8 Å². The zero-order valence-corrected chi connectivity index (χ0v) is 28.2. The molecule has 3 unspecified atom stereocenters. The Balaban J connectivity index is 1.04. The van der Waals surface area contributed by atoms with Crippen molar-refractivity contribution in [3.8, 4) is 22.3 Å². The van der Waals surface area contributed by atoms with Crippen LogP contribution in [0.15, 0.2) is 175 Å². The summed E-state index contributed by atoms with van der Waals surface area (Å²) < 4.78 is 0. The molecule has 6 aromatic rings. The maximum Gasteiger partial charge on any atom is 0.0722 e. The molecule has 1 heteroatoms. The first-order chi connectivity index (χ1) is 25.3. The Morgan fingerprint density at radius 2 is 1.10 bits per heavy atom. The van der Waals surface area contributed by atoms with E-state index < -0.39 is 0 Å². The lowest BCUT2D eigenvalue weighted by Crippen LogP contribution is -2.33. The molecule has 2 spiro atoms. The monoisotopic (exact) mass is 649 g/mol. The predicted octanol–water partition coefficient (Wildman–Crippen LogP) is 12.0. The van der Waals surface area contributed by atoms with Crippen molar-refractivity contribution in [1.82, 2.24) is 0 Å². The minimum absolute atomic E-state index is 0.235. The quantitative estimate of drug-likeness (QED) is 0.197. The van der Waals surface area contributed by atoms with Gasteiger partial charge in [-0.15, -0.1) is 0 Å². The molecule has 51 heavy (non-hydrogen) atoms. The van der Waals surface area contributed by atoms with Crippen LogP contribution in [0.3, 0.4) is 0 Å². The first kappa shape index (κ1) is 27.9. The van der Waals surface area contributed by atoms with Crippen LogP contribution >= 0.6 is 0 Å². The Kier molecular flexibility index (Phi) is 5.39. The molecule has 12 rings (SSSR count). The summed E-state index contributed by atoms with van der Waals surface area (Å²) >= 11 is 0. The van der Waals surface area contributed by atoms with Gasteiger partial charge in [0.2, 0.25) is 0 Å². The fraction of sp³-hybridized carbons (Fsp3) is 0.120. The van der Waals surface area contributed by atoms with Crippen LogP contribution in [0.2, 0.25) is 0 Å². The van der Waals surface area contributed by atoms with Crippen LogP contribution in [-0.4, -0.2) is 0 Å². The Morgan fingerprint density at radius 1 is 0.510 bits per heavy atom. The maximum absolute atomic E-state index is 3.96. The second-order valence-corrected chi connectivity index (χ2v) is 15.1. The fourth-order valence-electron chi connectivity index (χ4n) is 11.3. The molecular formula is C50H35N. The van der Waals surface area contributed by atoms with Crippen LogP contribution in [0.25, 0.3) is 27.8 Å². The van der Waals surface area contributed by atoms with E-state index in [9.17, 15) is 0 Å². The lowest BCUT2D eigenvalue weighted by molar-refractivity contribution is 0.465. The van der Waals surface area contributed by atoms with Crippen molar-refractivity contribution in [3.05, 3.63) is 220 Å². The third-order valence-corrected chi connectivity index (χ3v) is 13.0. The summed E-state index contributed by atoms with van der Waals surface area (Å²) in [6.07, 6.45) is 16.4. The van der Waals surface area contributed by atoms with Gasteiger partial charge in [0.05, 0.1) is 10.8 Å². The first-order valence-corrected chi connectivity index (χ1v) is 18.5. The number of hydrogen-bond donors (Lipinski definition) is 1. The second kappa shape index (κ2) is 9.86. The topological polar surface area (TPSA) is 12.0 Å². The van der Waals surface area contributed by atoms with Gasteiger partial charge in [-0.1, -0.05) is 146 Å². The molecule has 240 valence electrons. The van der Waals surface area contributed by atoms with E-state index in [1.165, 1.54) is 77.9 Å². The molecule has 0 radical (unpaired) electrons. The van der Waals surface area contributed by atoms with E-state index >= 15 is 0 Å². The summed E-state index contributed by atoms with van der Waals surface area (Å²) in [4.78, 5) is 0. The summed E-state index contributed by atoms with van der Waals surface area (Å²) in [5.41, 5.74) is 21.5. The molecule has 0 aliphatic heterocycles. The van der Waals surface area contributed by atoms with E-state index in [1.54, 1.807) is 0 Å². The Labute approximate surface area is 299 Å². The zero-order valence-electron chi connectivity index (χ0n) is 28.2. The van der Waals surface area contributed by atoms with Crippen LogP contribution in [-0.2, 0) is 10.8 Å². The highest BCUT2D eigenvalue weighted by Crippen LogP contribution is 2.66. The minimum atomic E-state index is -0.306. The van der Waals surface area contributed by atoms with Gasteiger partial charge in [0, 0.05) is 23.2 Å². The van der Waals surface area contributed by atoms with Gasteiger partial charge in [-0.05, 0) is 115 Å². The van der Waals surface area contributed by atoms with E-state index in [1.807, 2.05) is 0 Å². The lowest BCUT2D eigenvalue weighted by Gasteiger charge is -2.36. The van der Waals surface area contributed by atoms with Crippen molar-refractivity contribution in [2.24, 2.45) is 5.92 Å². The van der Waals surface area contributed by atoms with Gasteiger partial charge in [0.15, 0.2) is 0 Å². The second-order valence-electron chi connectivity index (χ2n) is 15.1. The smallest absolute Gasteiger partial charge is 0.0722 e. The highest BCUT2D eigenvalue weighted by Gasteiger charge is 2.57. The highest BCUT2D eigenvalue weighted by atomic mass is 14.9. The number of benzene rings is 6. The van der Waals surface area contributed by atoms with Crippen molar-refractivity contribution < 1.29 is 0 Å². The van der Waals surface area contributed by atoms with Crippen LogP contribution in [0, 0.1) is 5.92 Å². The summed E-state index contributed by atoms with van der Waals surface area (Å²) in [6.45, 7) is 0. The number of fused-ring (bicyclic) bond motifs is 19. The van der Waals surface area contributed by atoms with Gasteiger partial charge in [-0.3, -0.25) is 0 Å². The van der Waals surface area contributed by atoms with Crippen molar-refractivity contribution in [2.45, 2.75) is 29.6 Å². The van der Waals surface area contributed by atoms with Crippen LogP contribution < -0.4 is 5.32 Å². The first-order valence-electron chi connectivity index (χ1n) is 18.5. The molecule has 1 nitrogen and oxygen atoms in total. The summed E-state index contributed by atoms with van der Waals surface area (Å²) in [5, 5.41) is 3.96. The molecule has 6 aliphatic rings. The van der Waals surface area contributed by atoms with Crippen LogP contribution in [0.1, 0.15) is 63.3 Å². The molecule has 0 heterocycles.